The van der Waals surface area contributed by atoms with Gasteiger partial charge in [-0.05, 0) is 136 Å². The highest BCUT2D eigenvalue weighted by Gasteiger charge is 2.17. The van der Waals surface area contributed by atoms with E-state index in [1.807, 2.05) is 24.5 Å². The van der Waals surface area contributed by atoms with Crippen LogP contribution < -0.4 is 0 Å². The monoisotopic (exact) mass is 806 g/mol. The van der Waals surface area contributed by atoms with Gasteiger partial charge in [0.05, 0.1) is 22.2 Å². The van der Waals surface area contributed by atoms with Crippen LogP contribution in [0, 0.1) is 0 Å². The van der Waals surface area contributed by atoms with Crippen molar-refractivity contribution in [2.24, 2.45) is 0 Å². The minimum absolute atomic E-state index is 0.844. The van der Waals surface area contributed by atoms with Gasteiger partial charge < -0.3 is 13.4 Å². The Morgan fingerprint density at radius 2 is 0.794 bits per heavy atom. The summed E-state index contributed by atoms with van der Waals surface area (Å²) in [6, 6.07) is 64.5. The zero-order valence-corrected chi connectivity index (χ0v) is 33.7. The Balaban J connectivity index is 0.896. The third-order valence-electron chi connectivity index (χ3n) is 12.4. The average Bonchev–Trinajstić information content (AvgIpc) is 4.03. The van der Waals surface area contributed by atoms with Gasteiger partial charge in [-0.1, -0.05) is 91.0 Å². The molecule has 0 N–H and O–H groups in total. The Kier molecular flexibility index (Phi) is 7.80. The molecule has 0 spiro atoms. The summed E-state index contributed by atoms with van der Waals surface area (Å²) in [6.07, 6.45) is 7.28. The number of fused-ring (bicyclic) bond motifs is 9. The summed E-state index contributed by atoms with van der Waals surface area (Å²) in [7, 11) is 0. The van der Waals surface area contributed by atoms with Gasteiger partial charge in [0.25, 0.3) is 0 Å². The number of benzene rings is 7. The van der Waals surface area contributed by atoms with Crippen LogP contribution in [-0.4, -0.2) is 19.5 Å². The van der Waals surface area contributed by atoms with Gasteiger partial charge in [0, 0.05) is 63.0 Å². The molecule has 294 valence electrons. The lowest BCUT2D eigenvalue weighted by atomic mass is 9.96. The number of aromatic nitrogens is 4. The summed E-state index contributed by atoms with van der Waals surface area (Å²) in [4.78, 5) is 14.2. The smallest absolute Gasteiger partial charge is 0.138 e. The van der Waals surface area contributed by atoms with Crippen molar-refractivity contribution in [2.45, 2.75) is 0 Å². The fraction of sp³-hybridized carbons (Fsp3) is 0. The van der Waals surface area contributed by atoms with Crippen molar-refractivity contribution >= 4 is 65.8 Å². The van der Waals surface area contributed by atoms with E-state index >= 15 is 0 Å². The summed E-state index contributed by atoms with van der Waals surface area (Å²) in [5.74, 6) is 0. The van der Waals surface area contributed by atoms with Gasteiger partial charge in [-0.2, -0.15) is 0 Å². The van der Waals surface area contributed by atoms with E-state index in [-0.39, 0.29) is 0 Å². The molecule has 0 bridgehead atoms. The maximum absolute atomic E-state index is 6.10. The molecule has 6 aromatic heterocycles. The fourth-order valence-corrected chi connectivity index (χ4v) is 9.29. The van der Waals surface area contributed by atoms with E-state index in [2.05, 4.69) is 184 Å². The molecule has 13 aromatic rings. The second-order valence-electron chi connectivity index (χ2n) is 16.1. The molecule has 0 amide bonds. The quantitative estimate of drug-likeness (QED) is 0.167. The second kappa shape index (κ2) is 14.0. The number of para-hydroxylation sites is 1. The van der Waals surface area contributed by atoms with Crippen LogP contribution >= 0.6 is 0 Å². The Labute approximate surface area is 361 Å². The van der Waals surface area contributed by atoms with Gasteiger partial charge >= 0.3 is 0 Å². The lowest BCUT2D eigenvalue weighted by Crippen LogP contribution is -1.93. The molecule has 6 heterocycles. The van der Waals surface area contributed by atoms with E-state index in [4.69, 9.17) is 13.8 Å². The highest BCUT2D eigenvalue weighted by atomic mass is 16.3. The summed E-state index contributed by atoms with van der Waals surface area (Å²) >= 11 is 0. The van der Waals surface area contributed by atoms with Crippen LogP contribution in [0.3, 0.4) is 0 Å². The van der Waals surface area contributed by atoms with Crippen molar-refractivity contribution < 1.29 is 8.83 Å². The maximum atomic E-state index is 6.10. The topological polar surface area (TPSA) is 69.9 Å². The molecule has 0 unspecified atom stereocenters. The highest BCUT2D eigenvalue weighted by Crippen LogP contribution is 2.39. The molecule has 0 aliphatic rings. The van der Waals surface area contributed by atoms with Crippen molar-refractivity contribution in [3.8, 4) is 61.5 Å². The van der Waals surface area contributed by atoms with Gasteiger partial charge in [0.1, 0.15) is 22.3 Å². The molecule has 7 aromatic carbocycles. The summed E-state index contributed by atoms with van der Waals surface area (Å²) in [6.45, 7) is 0. The predicted octanol–water partition coefficient (Wildman–Crippen LogP) is 15.1. The van der Waals surface area contributed by atoms with Crippen LogP contribution in [-0.2, 0) is 0 Å². The van der Waals surface area contributed by atoms with Crippen LogP contribution in [0.15, 0.2) is 216 Å². The molecular weight excluding hydrogens is 773 g/mol. The van der Waals surface area contributed by atoms with Crippen molar-refractivity contribution in [3.05, 3.63) is 207 Å². The first-order valence-electron chi connectivity index (χ1n) is 21.0. The SMILES string of the molecule is c1ccc(-n2c3ccc(-c4cccc(-c5ccc6oc7ccncc7c6c5)c4)cc3c3nc(-c4cccc(-c5cccc(-c6ccc7oc8ccncc8c7c6)c5)c4)ccc32)cc1. The van der Waals surface area contributed by atoms with Gasteiger partial charge in [0.2, 0.25) is 0 Å². The zero-order valence-electron chi connectivity index (χ0n) is 33.7. The van der Waals surface area contributed by atoms with E-state index < -0.39 is 0 Å². The minimum Gasteiger partial charge on any atom is -0.456 e. The Morgan fingerprint density at radius 1 is 0.333 bits per heavy atom. The molecule has 63 heavy (non-hydrogen) atoms. The number of pyridine rings is 3. The van der Waals surface area contributed by atoms with E-state index in [1.165, 1.54) is 0 Å². The number of furan rings is 2. The summed E-state index contributed by atoms with van der Waals surface area (Å²) in [5.41, 5.74) is 18.6. The molecule has 6 heteroatoms. The molecule has 13 rings (SSSR count). The molecule has 0 saturated carbocycles. The molecule has 0 radical (unpaired) electrons. The van der Waals surface area contributed by atoms with Gasteiger partial charge in [-0.15, -0.1) is 0 Å². The normalized spacial score (nSPS) is 11.8. The van der Waals surface area contributed by atoms with Gasteiger partial charge in [0.15, 0.2) is 0 Å². The molecule has 0 aliphatic heterocycles. The minimum atomic E-state index is 0.844. The van der Waals surface area contributed by atoms with E-state index in [0.29, 0.717) is 0 Å². The van der Waals surface area contributed by atoms with E-state index in [0.717, 1.165) is 127 Å². The highest BCUT2D eigenvalue weighted by molar-refractivity contribution is 6.10. The number of hydrogen-bond acceptors (Lipinski definition) is 5. The van der Waals surface area contributed by atoms with Crippen LogP contribution in [0.2, 0.25) is 0 Å². The van der Waals surface area contributed by atoms with Crippen LogP contribution in [0.5, 0.6) is 0 Å². The van der Waals surface area contributed by atoms with Gasteiger partial charge in [-0.3, -0.25) is 9.97 Å². The number of nitrogens with zero attached hydrogens (tertiary/aromatic N) is 4. The Hall–Kier alpha value is -8.61. The van der Waals surface area contributed by atoms with Crippen molar-refractivity contribution in [1.82, 2.24) is 19.5 Å². The first kappa shape index (κ1) is 35.2. The second-order valence-corrected chi connectivity index (χ2v) is 16.1. The summed E-state index contributed by atoms with van der Waals surface area (Å²) in [5, 5.41) is 5.26. The molecule has 0 saturated heterocycles. The van der Waals surface area contributed by atoms with E-state index in [9.17, 15) is 0 Å². The lowest BCUT2D eigenvalue weighted by molar-refractivity contribution is 0.668. The maximum Gasteiger partial charge on any atom is 0.138 e. The first-order valence-corrected chi connectivity index (χ1v) is 21.0. The largest absolute Gasteiger partial charge is 0.456 e. The fourth-order valence-electron chi connectivity index (χ4n) is 9.29. The molecule has 6 nitrogen and oxygen atoms in total. The van der Waals surface area contributed by atoms with Crippen LogP contribution in [0.1, 0.15) is 0 Å². The standard InChI is InChI=1S/C57H34N4O2/c1-2-13-44(14-3-1)61-51-19-15-40(36-8-5-10-38(28-36)42-17-22-54-46(31-42)49-34-59-26-24-56(49)63-54)32-47(51)57-52(61)20-18-50(60-57)43-12-6-11-39(29-43)35-7-4-9-37(27-35)41-16-21-53-45(30-41)48-33-58-25-23-55(48)62-53/h1-34H. The van der Waals surface area contributed by atoms with Crippen molar-refractivity contribution in [2.75, 3.05) is 0 Å². The third-order valence-corrected chi connectivity index (χ3v) is 12.4. The van der Waals surface area contributed by atoms with Gasteiger partial charge in [-0.25, -0.2) is 4.98 Å². The molecule has 0 aliphatic carbocycles. The molecule has 0 atom stereocenters. The van der Waals surface area contributed by atoms with Crippen LogP contribution in [0.25, 0.3) is 127 Å². The average molecular weight is 807 g/mol. The van der Waals surface area contributed by atoms with Crippen molar-refractivity contribution in [3.63, 3.8) is 0 Å². The van der Waals surface area contributed by atoms with Crippen LogP contribution in [0.4, 0.5) is 0 Å². The number of rotatable bonds is 6. The predicted molar refractivity (Wildman–Crippen MR) is 256 cm³/mol. The Bertz CT molecular complexity index is 3930. The zero-order chi connectivity index (χ0) is 41.4. The third kappa shape index (κ3) is 5.84. The van der Waals surface area contributed by atoms with E-state index in [1.54, 1.807) is 12.4 Å². The lowest BCUT2D eigenvalue weighted by Gasteiger charge is -2.09. The first-order chi connectivity index (χ1) is 31.2. The van der Waals surface area contributed by atoms with Crippen molar-refractivity contribution in [1.29, 1.82) is 0 Å². The summed E-state index contributed by atoms with van der Waals surface area (Å²) < 4.78 is 14.5. The molecule has 0 fully saturated rings. The molecular formula is C57H34N4O2. The number of hydrogen-bond donors (Lipinski definition) is 0. The Morgan fingerprint density at radius 3 is 1.37 bits per heavy atom.